The second-order valence-corrected chi connectivity index (χ2v) is 11.2. The van der Waals surface area contributed by atoms with Crippen LogP contribution in [0.4, 0.5) is 0 Å². The van der Waals surface area contributed by atoms with Crippen LogP contribution in [0.5, 0.6) is 0 Å². The number of rotatable bonds is 4. The summed E-state index contributed by atoms with van der Waals surface area (Å²) < 4.78 is 8.34. The van der Waals surface area contributed by atoms with Crippen LogP contribution >= 0.6 is 0 Å². The van der Waals surface area contributed by atoms with Crippen molar-refractivity contribution < 1.29 is 4.42 Å². The highest BCUT2D eigenvalue weighted by Gasteiger charge is 2.22. The second kappa shape index (κ2) is 10.4. The largest absolute Gasteiger partial charge is 0.420 e. The van der Waals surface area contributed by atoms with Gasteiger partial charge >= 0.3 is 5.63 Å². The smallest absolute Gasteiger partial charge is 0.344 e. The van der Waals surface area contributed by atoms with E-state index in [0.717, 1.165) is 55.0 Å². The van der Waals surface area contributed by atoms with Gasteiger partial charge in [0.2, 0.25) is 0 Å². The molecular weight excluding hydrogens is 568 g/mol. The molecule has 0 aliphatic rings. The Labute approximate surface area is 262 Å². The first-order chi connectivity index (χ1) is 22.7. The summed E-state index contributed by atoms with van der Waals surface area (Å²) in [7, 11) is 0. The average Bonchev–Trinajstić information content (AvgIpc) is 3.47. The molecule has 46 heavy (non-hydrogen) atoms. The first-order valence-electron chi connectivity index (χ1n) is 15.1. The molecule has 3 heterocycles. The predicted octanol–water partition coefficient (Wildman–Crippen LogP) is 9.23. The van der Waals surface area contributed by atoms with Crippen LogP contribution in [-0.4, -0.2) is 19.5 Å². The van der Waals surface area contributed by atoms with Crippen LogP contribution in [-0.2, 0) is 0 Å². The van der Waals surface area contributed by atoms with Crippen molar-refractivity contribution in [3.63, 3.8) is 0 Å². The second-order valence-electron chi connectivity index (χ2n) is 11.2. The fourth-order valence-corrected chi connectivity index (χ4v) is 6.42. The van der Waals surface area contributed by atoms with E-state index in [4.69, 9.17) is 19.4 Å². The van der Waals surface area contributed by atoms with Gasteiger partial charge in [0, 0.05) is 32.8 Å². The zero-order chi connectivity index (χ0) is 30.6. The van der Waals surface area contributed by atoms with Crippen molar-refractivity contribution in [1.29, 1.82) is 0 Å². The molecule has 0 fully saturated rings. The number of hydrogen-bond acceptors (Lipinski definition) is 5. The van der Waals surface area contributed by atoms with Crippen LogP contribution in [0.3, 0.4) is 0 Å². The first-order valence-corrected chi connectivity index (χ1v) is 15.1. The Bertz CT molecular complexity index is 2600. The van der Waals surface area contributed by atoms with E-state index in [1.807, 2.05) is 115 Å². The number of aromatic nitrogens is 4. The monoisotopic (exact) mass is 592 g/mol. The third kappa shape index (κ3) is 4.04. The van der Waals surface area contributed by atoms with E-state index in [-0.39, 0.29) is 5.63 Å². The molecule has 0 spiro atoms. The molecule has 0 aliphatic heterocycles. The third-order valence-electron chi connectivity index (χ3n) is 8.51. The van der Waals surface area contributed by atoms with E-state index in [1.165, 1.54) is 0 Å². The molecule has 9 aromatic rings. The molecule has 0 atom stereocenters. The van der Waals surface area contributed by atoms with Gasteiger partial charge in [0.1, 0.15) is 0 Å². The van der Waals surface area contributed by atoms with Crippen LogP contribution in [0.1, 0.15) is 0 Å². The maximum absolute atomic E-state index is 13.3. The zero-order valence-corrected chi connectivity index (χ0v) is 24.5. The molecule has 0 aliphatic carbocycles. The van der Waals surface area contributed by atoms with Gasteiger partial charge in [-0.3, -0.25) is 0 Å². The van der Waals surface area contributed by atoms with Crippen molar-refractivity contribution in [3.8, 4) is 39.9 Å². The predicted molar refractivity (Wildman–Crippen MR) is 184 cm³/mol. The maximum atomic E-state index is 13.3. The summed E-state index contributed by atoms with van der Waals surface area (Å²) in [6, 6.07) is 48.0. The Hall–Kier alpha value is -6.40. The molecule has 0 saturated heterocycles. The molecule has 0 unspecified atom stereocenters. The Morgan fingerprint density at radius 2 is 1.00 bits per heavy atom. The van der Waals surface area contributed by atoms with Gasteiger partial charge in [-0.05, 0) is 35.7 Å². The number of para-hydroxylation sites is 2. The van der Waals surface area contributed by atoms with Crippen molar-refractivity contribution in [1.82, 2.24) is 19.5 Å². The molecule has 3 aromatic heterocycles. The highest BCUT2D eigenvalue weighted by molar-refractivity contribution is 6.20. The molecule has 0 saturated carbocycles. The van der Waals surface area contributed by atoms with Crippen LogP contribution < -0.4 is 5.63 Å². The normalized spacial score (nSPS) is 11.6. The minimum atomic E-state index is -0.363. The van der Waals surface area contributed by atoms with Gasteiger partial charge in [0.25, 0.3) is 0 Å². The van der Waals surface area contributed by atoms with Crippen LogP contribution in [0.2, 0.25) is 0 Å². The van der Waals surface area contributed by atoms with Crippen molar-refractivity contribution in [3.05, 3.63) is 156 Å². The quantitative estimate of drug-likeness (QED) is 0.150. The number of hydrogen-bond donors (Lipinski definition) is 0. The lowest BCUT2D eigenvalue weighted by Crippen LogP contribution is -2.04. The van der Waals surface area contributed by atoms with Gasteiger partial charge in [0.05, 0.1) is 22.1 Å². The fourth-order valence-electron chi connectivity index (χ4n) is 6.42. The molecule has 6 heteroatoms. The fraction of sp³-hybridized carbons (Fsp3) is 0. The van der Waals surface area contributed by atoms with E-state index in [0.29, 0.717) is 28.4 Å². The Kier molecular flexibility index (Phi) is 5.86. The minimum Gasteiger partial charge on any atom is -0.420 e. The summed E-state index contributed by atoms with van der Waals surface area (Å²) in [5.41, 5.74) is 5.46. The SMILES string of the molecule is O=c1oc2c(ccc3c4ccccc4n(-c4ccccc4-c4nc(-c5ccccc5)nc(-c5ccccc5)n4)c32)c2ccccc12. The highest BCUT2D eigenvalue weighted by Crippen LogP contribution is 2.40. The molecule has 9 rings (SSSR count). The van der Waals surface area contributed by atoms with Crippen LogP contribution in [0.15, 0.2) is 155 Å². The first kappa shape index (κ1) is 26.0. The van der Waals surface area contributed by atoms with E-state index >= 15 is 0 Å². The number of benzene rings is 6. The van der Waals surface area contributed by atoms with Crippen LogP contribution in [0.25, 0.3) is 83.4 Å². The molecule has 0 N–H and O–H groups in total. The average molecular weight is 593 g/mol. The summed E-state index contributed by atoms with van der Waals surface area (Å²) in [6.07, 6.45) is 0. The molecule has 0 radical (unpaired) electrons. The van der Waals surface area contributed by atoms with Gasteiger partial charge in [-0.2, -0.15) is 0 Å². The van der Waals surface area contributed by atoms with E-state index in [2.05, 4.69) is 34.9 Å². The Morgan fingerprint density at radius 3 is 1.72 bits per heavy atom. The van der Waals surface area contributed by atoms with Gasteiger partial charge in [0.15, 0.2) is 23.1 Å². The maximum Gasteiger partial charge on any atom is 0.344 e. The zero-order valence-electron chi connectivity index (χ0n) is 24.5. The van der Waals surface area contributed by atoms with Crippen molar-refractivity contribution in [2.24, 2.45) is 0 Å². The molecule has 0 amide bonds. The lowest BCUT2D eigenvalue weighted by molar-refractivity contribution is 0.572. The standard InChI is InChI=1S/C40H24N4O2/c45-40-31-19-8-7-17-27(31)30-24-23-29-28-18-9-11-21-33(28)44(35(29)36(30)46-40)34-22-12-10-20-32(34)39-42-37(25-13-3-1-4-14-25)41-38(43-39)26-15-5-2-6-16-26/h1-24H. The molecule has 6 aromatic carbocycles. The summed E-state index contributed by atoms with van der Waals surface area (Å²) in [5, 5.41) is 4.34. The van der Waals surface area contributed by atoms with E-state index < -0.39 is 0 Å². The molecule has 0 bridgehead atoms. The van der Waals surface area contributed by atoms with E-state index in [9.17, 15) is 4.79 Å². The third-order valence-corrected chi connectivity index (χ3v) is 8.51. The van der Waals surface area contributed by atoms with Crippen LogP contribution in [0, 0.1) is 0 Å². The summed E-state index contributed by atoms with van der Waals surface area (Å²) in [6.45, 7) is 0. The molecular formula is C40H24N4O2. The minimum absolute atomic E-state index is 0.363. The summed E-state index contributed by atoms with van der Waals surface area (Å²) >= 11 is 0. The van der Waals surface area contributed by atoms with E-state index in [1.54, 1.807) is 0 Å². The van der Waals surface area contributed by atoms with Gasteiger partial charge in [-0.15, -0.1) is 0 Å². The molecule has 216 valence electrons. The Balaban J connectivity index is 1.39. The summed E-state index contributed by atoms with van der Waals surface area (Å²) in [5.74, 6) is 1.72. The van der Waals surface area contributed by atoms with Crippen molar-refractivity contribution in [2.75, 3.05) is 0 Å². The highest BCUT2D eigenvalue weighted by atomic mass is 16.4. The number of fused-ring (bicyclic) bond motifs is 7. The van der Waals surface area contributed by atoms with Gasteiger partial charge in [-0.25, -0.2) is 19.7 Å². The molecule has 6 nitrogen and oxygen atoms in total. The lowest BCUT2D eigenvalue weighted by atomic mass is 10.0. The number of nitrogens with zero attached hydrogens (tertiary/aromatic N) is 4. The summed E-state index contributed by atoms with van der Waals surface area (Å²) in [4.78, 5) is 28.3. The lowest BCUT2D eigenvalue weighted by Gasteiger charge is -2.15. The van der Waals surface area contributed by atoms with Gasteiger partial charge in [-0.1, -0.05) is 115 Å². The van der Waals surface area contributed by atoms with Gasteiger partial charge < -0.3 is 8.98 Å². The topological polar surface area (TPSA) is 73.8 Å². The van der Waals surface area contributed by atoms with Crippen molar-refractivity contribution >= 4 is 43.5 Å². The van der Waals surface area contributed by atoms with Crippen molar-refractivity contribution in [2.45, 2.75) is 0 Å². The Morgan fingerprint density at radius 1 is 0.457 bits per heavy atom.